The standard InChI is InChI=1S/C20H33N3O/c1-16(2)22-10-8-18(9-11-22)21-13-19-12-20(24)15-23(19)14-17-6-4-3-5-7-17/h3-7,16,18-21,24H,8-15H2,1-2H3. The lowest BCUT2D eigenvalue weighted by Crippen LogP contribution is -2.48. The molecule has 4 heteroatoms. The summed E-state index contributed by atoms with van der Waals surface area (Å²) in [4.78, 5) is 5.01. The minimum atomic E-state index is -0.177. The lowest BCUT2D eigenvalue weighted by molar-refractivity contribution is 0.154. The molecule has 1 aromatic rings. The molecule has 0 amide bonds. The lowest BCUT2D eigenvalue weighted by Gasteiger charge is -2.36. The normalized spacial score (nSPS) is 27.2. The van der Waals surface area contributed by atoms with E-state index in [-0.39, 0.29) is 6.10 Å². The fourth-order valence-corrected chi connectivity index (χ4v) is 4.10. The van der Waals surface area contributed by atoms with E-state index in [1.54, 1.807) is 0 Å². The van der Waals surface area contributed by atoms with E-state index in [2.05, 4.69) is 59.3 Å². The van der Waals surface area contributed by atoms with Crippen molar-refractivity contribution >= 4 is 0 Å². The molecule has 2 unspecified atom stereocenters. The number of rotatable bonds is 6. The van der Waals surface area contributed by atoms with Gasteiger partial charge in [0.15, 0.2) is 0 Å². The molecule has 134 valence electrons. The van der Waals surface area contributed by atoms with Crippen LogP contribution in [0.2, 0.25) is 0 Å². The lowest BCUT2D eigenvalue weighted by atomic mass is 10.0. The number of aliphatic hydroxyl groups is 1. The van der Waals surface area contributed by atoms with Crippen molar-refractivity contribution in [3.8, 4) is 0 Å². The molecule has 4 nitrogen and oxygen atoms in total. The molecule has 0 radical (unpaired) electrons. The van der Waals surface area contributed by atoms with E-state index < -0.39 is 0 Å². The van der Waals surface area contributed by atoms with E-state index in [9.17, 15) is 5.11 Å². The van der Waals surface area contributed by atoms with Crippen molar-refractivity contribution in [1.29, 1.82) is 0 Å². The second-order valence-electron chi connectivity index (χ2n) is 7.77. The zero-order valence-corrected chi connectivity index (χ0v) is 15.2. The zero-order valence-electron chi connectivity index (χ0n) is 15.2. The summed E-state index contributed by atoms with van der Waals surface area (Å²) in [6, 6.07) is 12.4. The number of β-amino-alcohol motifs (C(OH)–C–C–N with tert-alkyl or cyclic N) is 1. The molecule has 3 rings (SSSR count). The SMILES string of the molecule is CC(C)N1CCC(NCC2CC(O)CN2Cc2ccccc2)CC1. The molecular formula is C20H33N3O. The summed E-state index contributed by atoms with van der Waals surface area (Å²) in [7, 11) is 0. The van der Waals surface area contributed by atoms with Gasteiger partial charge in [0.1, 0.15) is 0 Å². The number of likely N-dealkylation sites (tertiary alicyclic amines) is 2. The van der Waals surface area contributed by atoms with Gasteiger partial charge in [-0.3, -0.25) is 4.90 Å². The Balaban J connectivity index is 1.47. The van der Waals surface area contributed by atoms with Gasteiger partial charge in [-0.1, -0.05) is 30.3 Å². The van der Waals surface area contributed by atoms with Crippen molar-refractivity contribution in [2.24, 2.45) is 0 Å². The number of piperidine rings is 1. The van der Waals surface area contributed by atoms with Crippen LogP contribution >= 0.6 is 0 Å². The van der Waals surface area contributed by atoms with E-state index in [0.29, 0.717) is 18.1 Å². The molecule has 2 fully saturated rings. The Morgan fingerprint density at radius 2 is 1.88 bits per heavy atom. The monoisotopic (exact) mass is 331 g/mol. The zero-order chi connectivity index (χ0) is 16.9. The first kappa shape index (κ1) is 17.9. The predicted octanol–water partition coefficient (Wildman–Crippen LogP) is 2.08. The molecule has 0 aliphatic carbocycles. The molecular weight excluding hydrogens is 298 g/mol. The number of nitrogens with one attached hydrogen (secondary N) is 1. The number of aliphatic hydroxyl groups excluding tert-OH is 1. The summed E-state index contributed by atoms with van der Waals surface area (Å²) < 4.78 is 0. The van der Waals surface area contributed by atoms with Crippen LogP contribution in [0.25, 0.3) is 0 Å². The highest BCUT2D eigenvalue weighted by atomic mass is 16.3. The Morgan fingerprint density at radius 3 is 2.54 bits per heavy atom. The first-order valence-electron chi connectivity index (χ1n) is 9.55. The third kappa shape index (κ3) is 4.79. The van der Waals surface area contributed by atoms with E-state index >= 15 is 0 Å². The van der Waals surface area contributed by atoms with Gasteiger partial charge in [-0.25, -0.2) is 0 Å². The second-order valence-corrected chi connectivity index (χ2v) is 7.77. The van der Waals surface area contributed by atoms with Gasteiger partial charge in [0.2, 0.25) is 0 Å². The summed E-state index contributed by atoms with van der Waals surface area (Å²) in [5, 5.41) is 13.9. The molecule has 2 aliphatic rings. The number of hydrogen-bond donors (Lipinski definition) is 2. The fourth-order valence-electron chi connectivity index (χ4n) is 4.10. The maximum atomic E-state index is 10.1. The summed E-state index contributed by atoms with van der Waals surface area (Å²) in [6.45, 7) is 9.72. The summed E-state index contributed by atoms with van der Waals surface area (Å²) in [5.41, 5.74) is 1.34. The van der Waals surface area contributed by atoms with Crippen LogP contribution in [0.15, 0.2) is 30.3 Å². The minimum absolute atomic E-state index is 0.177. The van der Waals surface area contributed by atoms with Gasteiger partial charge in [-0.2, -0.15) is 0 Å². The maximum absolute atomic E-state index is 10.1. The minimum Gasteiger partial charge on any atom is -0.392 e. The Kier molecular flexibility index (Phi) is 6.28. The van der Waals surface area contributed by atoms with Crippen LogP contribution in [0.1, 0.15) is 38.7 Å². The Morgan fingerprint density at radius 1 is 1.17 bits per heavy atom. The summed E-state index contributed by atoms with van der Waals surface area (Å²) in [6.07, 6.45) is 3.20. The van der Waals surface area contributed by atoms with Crippen LogP contribution in [-0.4, -0.2) is 65.3 Å². The molecule has 1 aromatic carbocycles. The fraction of sp³-hybridized carbons (Fsp3) is 0.700. The number of benzene rings is 1. The maximum Gasteiger partial charge on any atom is 0.0682 e. The van der Waals surface area contributed by atoms with Gasteiger partial charge in [-0.05, 0) is 51.8 Å². The van der Waals surface area contributed by atoms with Crippen LogP contribution < -0.4 is 5.32 Å². The van der Waals surface area contributed by atoms with Crippen LogP contribution in [0.3, 0.4) is 0 Å². The quantitative estimate of drug-likeness (QED) is 0.837. The Labute approximate surface area is 146 Å². The van der Waals surface area contributed by atoms with Crippen LogP contribution in [0.5, 0.6) is 0 Å². The second kappa shape index (κ2) is 8.43. The van der Waals surface area contributed by atoms with Crippen molar-refractivity contribution < 1.29 is 5.11 Å². The largest absolute Gasteiger partial charge is 0.392 e. The number of hydrogen-bond acceptors (Lipinski definition) is 4. The van der Waals surface area contributed by atoms with Gasteiger partial charge >= 0.3 is 0 Å². The van der Waals surface area contributed by atoms with Gasteiger partial charge in [0, 0.05) is 37.8 Å². The van der Waals surface area contributed by atoms with E-state index in [1.807, 2.05) is 0 Å². The van der Waals surface area contributed by atoms with Crippen molar-refractivity contribution in [3.05, 3.63) is 35.9 Å². The molecule has 2 aliphatic heterocycles. The van der Waals surface area contributed by atoms with Crippen molar-refractivity contribution in [2.45, 2.75) is 63.9 Å². The van der Waals surface area contributed by atoms with Crippen LogP contribution in [0, 0.1) is 0 Å². The number of nitrogens with zero attached hydrogens (tertiary/aromatic N) is 2. The van der Waals surface area contributed by atoms with Gasteiger partial charge in [0.05, 0.1) is 6.10 Å². The summed E-state index contributed by atoms with van der Waals surface area (Å²) >= 11 is 0. The molecule has 0 bridgehead atoms. The molecule has 0 saturated carbocycles. The van der Waals surface area contributed by atoms with Crippen molar-refractivity contribution in [3.63, 3.8) is 0 Å². The molecule has 2 heterocycles. The van der Waals surface area contributed by atoms with Crippen molar-refractivity contribution in [2.75, 3.05) is 26.2 Å². The Bertz CT molecular complexity index is 485. The van der Waals surface area contributed by atoms with Gasteiger partial charge in [0.25, 0.3) is 0 Å². The highest BCUT2D eigenvalue weighted by Crippen LogP contribution is 2.21. The van der Waals surface area contributed by atoms with Crippen LogP contribution in [0.4, 0.5) is 0 Å². The third-order valence-corrected chi connectivity index (χ3v) is 5.64. The average Bonchev–Trinajstić information content (AvgIpc) is 2.93. The Hall–Kier alpha value is -0.940. The van der Waals surface area contributed by atoms with Gasteiger partial charge in [-0.15, -0.1) is 0 Å². The average molecular weight is 332 g/mol. The van der Waals surface area contributed by atoms with E-state index in [4.69, 9.17) is 0 Å². The van der Waals surface area contributed by atoms with E-state index in [0.717, 1.165) is 26.1 Å². The summed E-state index contributed by atoms with van der Waals surface area (Å²) in [5.74, 6) is 0. The molecule has 2 saturated heterocycles. The predicted molar refractivity (Wildman–Crippen MR) is 99.0 cm³/mol. The highest BCUT2D eigenvalue weighted by Gasteiger charge is 2.31. The smallest absolute Gasteiger partial charge is 0.0682 e. The van der Waals surface area contributed by atoms with Crippen LogP contribution in [-0.2, 0) is 6.54 Å². The first-order valence-corrected chi connectivity index (χ1v) is 9.55. The molecule has 2 atom stereocenters. The first-order chi connectivity index (χ1) is 11.6. The molecule has 0 spiro atoms. The van der Waals surface area contributed by atoms with Crippen molar-refractivity contribution in [1.82, 2.24) is 15.1 Å². The molecule has 24 heavy (non-hydrogen) atoms. The molecule has 2 N–H and O–H groups in total. The topological polar surface area (TPSA) is 38.7 Å². The van der Waals surface area contributed by atoms with Gasteiger partial charge < -0.3 is 15.3 Å². The highest BCUT2D eigenvalue weighted by molar-refractivity contribution is 5.15. The third-order valence-electron chi connectivity index (χ3n) is 5.64. The molecule has 0 aromatic heterocycles. The van der Waals surface area contributed by atoms with E-state index in [1.165, 1.54) is 31.5 Å².